The average molecular weight is 303 g/mol. The zero-order valence-electron chi connectivity index (χ0n) is 10.7. The summed E-state index contributed by atoms with van der Waals surface area (Å²) in [6.45, 7) is 1.66. The summed E-state index contributed by atoms with van der Waals surface area (Å²) in [5.74, 6) is -3.01. The van der Waals surface area contributed by atoms with Crippen molar-refractivity contribution in [2.45, 2.75) is 13.1 Å². The molecule has 112 valence electrons. The van der Waals surface area contributed by atoms with E-state index < -0.39 is 29.1 Å². The third kappa shape index (κ3) is 3.01. The van der Waals surface area contributed by atoms with Gasteiger partial charge >= 0.3 is 12.1 Å². The van der Waals surface area contributed by atoms with Gasteiger partial charge in [0.15, 0.2) is 5.82 Å². The van der Waals surface area contributed by atoms with Gasteiger partial charge in [-0.05, 0) is 19.1 Å². The maximum absolute atomic E-state index is 13.9. The fourth-order valence-electron chi connectivity index (χ4n) is 1.60. The van der Waals surface area contributed by atoms with E-state index in [4.69, 9.17) is 0 Å². The van der Waals surface area contributed by atoms with E-state index in [0.29, 0.717) is 6.07 Å². The number of aromatic amines is 1. The van der Waals surface area contributed by atoms with Gasteiger partial charge in [-0.1, -0.05) is 6.07 Å². The highest BCUT2D eigenvalue weighted by molar-refractivity contribution is 5.85. The monoisotopic (exact) mass is 303 g/mol. The van der Waals surface area contributed by atoms with E-state index in [1.54, 1.807) is 6.92 Å². The third-order valence-corrected chi connectivity index (χ3v) is 2.50. The van der Waals surface area contributed by atoms with Crippen molar-refractivity contribution in [3.05, 3.63) is 35.4 Å². The second-order valence-electron chi connectivity index (χ2n) is 3.89. The second-order valence-corrected chi connectivity index (χ2v) is 3.89. The molecule has 0 aliphatic heterocycles. The van der Waals surface area contributed by atoms with Crippen LogP contribution in [0, 0.1) is 5.82 Å². The quantitative estimate of drug-likeness (QED) is 0.699. The molecule has 2 aromatic rings. The number of ether oxygens (including phenoxy) is 1. The number of carbonyl (C=O) groups is 1. The van der Waals surface area contributed by atoms with Gasteiger partial charge in [0.25, 0.3) is 0 Å². The van der Waals surface area contributed by atoms with Crippen molar-refractivity contribution >= 4 is 5.97 Å². The van der Waals surface area contributed by atoms with Crippen LogP contribution in [0.15, 0.2) is 18.2 Å². The molecular formula is C12H9F4N3O2. The highest BCUT2D eigenvalue weighted by atomic mass is 19.4. The number of benzene rings is 1. The fourth-order valence-corrected chi connectivity index (χ4v) is 1.60. The van der Waals surface area contributed by atoms with Gasteiger partial charge in [0.1, 0.15) is 5.82 Å². The van der Waals surface area contributed by atoms with Crippen LogP contribution in [0.2, 0.25) is 0 Å². The Labute approximate surface area is 116 Å². The summed E-state index contributed by atoms with van der Waals surface area (Å²) < 4.78 is 56.4. The molecule has 0 aliphatic carbocycles. The Hall–Kier alpha value is -2.45. The summed E-state index contributed by atoms with van der Waals surface area (Å²) in [4.78, 5) is 15.0. The number of esters is 1. The van der Waals surface area contributed by atoms with Crippen LogP contribution >= 0.6 is 0 Å². The lowest BCUT2D eigenvalue weighted by Gasteiger charge is -2.09. The maximum Gasteiger partial charge on any atom is 0.419 e. The van der Waals surface area contributed by atoms with Crippen molar-refractivity contribution in [1.29, 1.82) is 0 Å². The molecule has 1 N–H and O–H groups in total. The van der Waals surface area contributed by atoms with Crippen molar-refractivity contribution in [1.82, 2.24) is 15.2 Å². The van der Waals surface area contributed by atoms with E-state index in [1.165, 1.54) is 0 Å². The molecule has 1 aromatic carbocycles. The lowest BCUT2D eigenvalue weighted by molar-refractivity contribution is -0.139. The zero-order valence-corrected chi connectivity index (χ0v) is 10.7. The lowest BCUT2D eigenvalue weighted by Crippen LogP contribution is -2.09. The predicted octanol–water partition coefficient (Wildman–Crippen LogP) is 2.81. The number of hydrogen-bond acceptors (Lipinski definition) is 4. The first-order valence-electron chi connectivity index (χ1n) is 5.80. The normalized spacial score (nSPS) is 11.5. The van der Waals surface area contributed by atoms with Crippen LogP contribution < -0.4 is 0 Å². The summed E-state index contributed by atoms with van der Waals surface area (Å²) in [7, 11) is 0. The Morgan fingerprint density at radius 1 is 1.38 bits per heavy atom. The molecule has 0 unspecified atom stereocenters. The van der Waals surface area contributed by atoms with Gasteiger partial charge in [0.2, 0.25) is 5.82 Å². The summed E-state index contributed by atoms with van der Waals surface area (Å²) in [5.41, 5.74) is -1.89. The first kappa shape index (κ1) is 14.9. The highest BCUT2D eigenvalue weighted by Gasteiger charge is 2.35. The summed E-state index contributed by atoms with van der Waals surface area (Å²) in [5, 5.41) is 5.72. The minimum Gasteiger partial charge on any atom is -0.460 e. The SMILES string of the molecule is CCOC(=O)c1nc(-c2cccc(C(F)(F)F)c2F)n[nH]1. The number of halogens is 4. The standard InChI is InChI=1S/C12H9F4N3O2/c1-2-21-11(20)10-17-9(18-19-10)6-4-3-5-7(8(6)13)12(14,15)16/h3-5H,2H2,1H3,(H,17,18,19). The van der Waals surface area contributed by atoms with Crippen LogP contribution in [-0.2, 0) is 10.9 Å². The van der Waals surface area contributed by atoms with Crippen LogP contribution in [0.5, 0.6) is 0 Å². The van der Waals surface area contributed by atoms with Crippen LogP contribution in [0.3, 0.4) is 0 Å². The van der Waals surface area contributed by atoms with Gasteiger partial charge in [-0.3, -0.25) is 5.10 Å². The molecule has 5 nitrogen and oxygen atoms in total. The molecule has 0 saturated carbocycles. The molecular weight excluding hydrogens is 294 g/mol. The summed E-state index contributed by atoms with van der Waals surface area (Å²) >= 11 is 0. The zero-order chi connectivity index (χ0) is 15.6. The number of alkyl halides is 3. The molecule has 1 aromatic heterocycles. The minimum absolute atomic E-state index is 0.0901. The predicted molar refractivity (Wildman–Crippen MR) is 62.7 cm³/mol. The molecule has 9 heteroatoms. The van der Waals surface area contributed by atoms with E-state index in [2.05, 4.69) is 19.9 Å². The van der Waals surface area contributed by atoms with Gasteiger partial charge < -0.3 is 4.74 Å². The number of aromatic nitrogens is 3. The third-order valence-electron chi connectivity index (χ3n) is 2.50. The Kier molecular flexibility index (Phi) is 3.92. The Morgan fingerprint density at radius 2 is 2.10 bits per heavy atom. The Bertz CT molecular complexity index is 667. The van der Waals surface area contributed by atoms with Gasteiger partial charge in [0, 0.05) is 0 Å². The second kappa shape index (κ2) is 5.51. The minimum atomic E-state index is -4.83. The van der Waals surface area contributed by atoms with E-state index in [9.17, 15) is 22.4 Å². The first-order chi connectivity index (χ1) is 9.84. The lowest BCUT2D eigenvalue weighted by atomic mass is 10.1. The largest absolute Gasteiger partial charge is 0.460 e. The van der Waals surface area contributed by atoms with E-state index in [-0.39, 0.29) is 18.3 Å². The van der Waals surface area contributed by atoms with Crippen LogP contribution in [0.1, 0.15) is 23.1 Å². The highest BCUT2D eigenvalue weighted by Crippen LogP contribution is 2.34. The summed E-state index contributed by atoms with van der Waals surface area (Å²) in [6, 6.07) is 2.72. The van der Waals surface area contributed by atoms with Gasteiger partial charge in [-0.15, -0.1) is 0 Å². The van der Waals surface area contributed by atoms with Crippen LogP contribution in [-0.4, -0.2) is 27.8 Å². The first-order valence-corrected chi connectivity index (χ1v) is 5.80. The fraction of sp³-hybridized carbons (Fsp3) is 0.250. The average Bonchev–Trinajstić information content (AvgIpc) is 2.87. The van der Waals surface area contributed by atoms with Crippen molar-refractivity contribution < 1.29 is 27.1 Å². The van der Waals surface area contributed by atoms with E-state index in [0.717, 1.165) is 12.1 Å². The number of rotatable bonds is 3. The van der Waals surface area contributed by atoms with Gasteiger partial charge in [0.05, 0.1) is 17.7 Å². The Balaban J connectivity index is 2.42. The van der Waals surface area contributed by atoms with Crippen LogP contribution in [0.25, 0.3) is 11.4 Å². The van der Waals surface area contributed by atoms with Crippen LogP contribution in [0.4, 0.5) is 17.6 Å². The molecule has 0 spiro atoms. The number of nitrogens with zero attached hydrogens (tertiary/aromatic N) is 2. The van der Waals surface area contributed by atoms with Gasteiger partial charge in [-0.2, -0.15) is 18.3 Å². The molecule has 0 atom stereocenters. The molecule has 0 fully saturated rings. The molecule has 0 amide bonds. The number of hydrogen-bond donors (Lipinski definition) is 1. The van der Waals surface area contributed by atoms with E-state index in [1.807, 2.05) is 0 Å². The molecule has 0 saturated heterocycles. The molecule has 0 radical (unpaired) electrons. The number of H-pyrrole nitrogens is 1. The Morgan fingerprint density at radius 3 is 2.71 bits per heavy atom. The number of carbonyl (C=O) groups excluding carboxylic acids is 1. The molecule has 21 heavy (non-hydrogen) atoms. The molecule has 1 heterocycles. The van der Waals surface area contributed by atoms with Gasteiger partial charge in [-0.25, -0.2) is 14.2 Å². The molecule has 0 aliphatic rings. The number of nitrogens with one attached hydrogen (secondary N) is 1. The maximum atomic E-state index is 13.9. The van der Waals surface area contributed by atoms with Crippen molar-refractivity contribution in [2.75, 3.05) is 6.61 Å². The van der Waals surface area contributed by atoms with Crippen molar-refractivity contribution in [3.63, 3.8) is 0 Å². The van der Waals surface area contributed by atoms with Crippen molar-refractivity contribution in [2.24, 2.45) is 0 Å². The van der Waals surface area contributed by atoms with Crippen molar-refractivity contribution in [3.8, 4) is 11.4 Å². The molecule has 2 rings (SSSR count). The van der Waals surface area contributed by atoms with E-state index >= 15 is 0 Å². The molecule has 0 bridgehead atoms. The smallest absolute Gasteiger partial charge is 0.419 e. The summed E-state index contributed by atoms with van der Waals surface area (Å²) in [6.07, 6.45) is -4.83. The topological polar surface area (TPSA) is 67.9 Å².